The summed E-state index contributed by atoms with van der Waals surface area (Å²) in [6.45, 7) is 8.32. The SMILES string of the molecule is Cc1c(C(N)=O)cc(OCC2CCN2C)cc1C1(c2c(C(C)C)ccc3ccccc23)CC1. The van der Waals surface area contributed by atoms with Gasteiger partial charge in [-0.2, -0.15) is 0 Å². The van der Waals surface area contributed by atoms with Crippen LogP contribution in [0, 0.1) is 6.92 Å². The van der Waals surface area contributed by atoms with Crippen LogP contribution in [0.3, 0.4) is 0 Å². The van der Waals surface area contributed by atoms with E-state index in [1.807, 2.05) is 13.0 Å². The maximum absolute atomic E-state index is 12.4. The second-order valence-electron chi connectivity index (χ2n) is 10.2. The van der Waals surface area contributed by atoms with Crippen molar-refractivity contribution in [3.63, 3.8) is 0 Å². The van der Waals surface area contributed by atoms with E-state index in [0.29, 0.717) is 24.1 Å². The van der Waals surface area contributed by atoms with Crippen molar-refractivity contribution in [1.82, 2.24) is 4.90 Å². The van der Waals surface area contributed by atoms with Crippen molar-refractivity contribution in [3.05, 3.63) is 76.3 Å². The molecule has 0 radical (unpaired) electrons. The van der Waals surface area contributed by atoms with Crippen LogP contribution in [0.1, 0.15) is 71.6 Å². The molecule has 0 spiro atoms. The van der Waals surface area contributed by atoms with Gasteiger partial charge < -0.3 is 10.5 Å². The lowest BCUT2D eigenvalue weighted by molar-refractivity contribution is 0.0767. The van der Waals surface area contributed by atoms with Crippen LogP contribution in [0.15, 0.2) is 48.5 Å². The zero-order valence-corrected chi connectivity index (χ0v) is 20.2. The van der Waals surface area contributed by atoms with Crippen molar-refractivity contribution < 1.29 is 9.53 Å². The minimum Gasteiger partial charge on any atom is -0.492 e. The molecule has 1 saturated heterocycles. The van der Waals surface area contributed by atoms with E-state index in [2.05, 4.69) is 68.3 Å². The van der Waals surface area contributed by atoms with Gasteiger partial charge in [-0.25, -0.2) is 0 Å². The van der Waals surface area contributed by atoms with Crippen molar-refractivity contribution in [3.8, 4) is 5.75 Å². The maximum Gasteiger partial charge on any atom is 0.249 e. The molecule has 2 aliphatic rings. The highest BCUT2D eigenvalue weighted by atomic mass is 16.5. The number of likely N-dealkylation sites (N-methyl/N-ethyl adjacent to an activating group) is 1. The molecule has 4 heteroatoms. The van der Waals surface area contributed by atoms with Crippen LogP contribution in [0.5, 0.6) is 5.75 Å². The number of amides is 1. The number of hydrogen-bond acceptors (Lipinski definition) is 3. The van der Waals surface area contributed by atoms with E-state index in [1.54, 1.807) is 0 Å². The number of rotatable bonds is 7. The zero-order valence-electron chi connectivity index (χ0n) is 20.2. The first kappa shape index (κ1) is 22.0. The number of benzene rings is 3. The third-order valence-electron chi connectivity index (χ3n) is 7.85. The Kier molecular flexibility index (Phi) is 5.44. The Bertz CT molecular complexity index is 1230. The first-order chi connectivity index (χ1) is 15.8. The van der Waals surface area contributed by atoms with E-state index in [1.165, 1.54) is 27.5 Å². The number of carbonyl (C=O) groups excluding carboxylic acids is 1. The molecule has 0 aromatic heterocycles. The fraction of sp³-hybridized carbons (Fsp3) is 0.414. The Morgan fingerprint density at radius 2 is 1.94 bits per heavy atom. The van der Waals surface area contributed by atoms with E-state index in [-0.39, 0.29) is 5.41 Å². The fourth-order valence-electron chi connectivity index (χ4n) is 5.58. The average Bonchev–Trinajstić information content (AvgIpc) is 3.59. The van der Waals surface area contributed by atoms with Gasteiger partial charge in [-0.15, -0.1) is 0 Å². The van der Waals surface area contributed by atoms with Crippen LogP contribution in [-0.4, -0.2) is 37.0 Å². The van der Waals surface area contributed by atoms with Gasteiger partial charge >= 0.3 is 0 Å². The summed E-state index contributed by atoms with van der Waals surface area (Å²) in [5, 5.41) is 2.57. The molecular formula is C29H34N2O2. The van der Waals surface area contributed by atoms with Crippen LogP contribution in [-0.2, 0) is 5.41 Å². The van der Waals surface area contributed by atoms with Crippen LogP contribution >= 0.6 is 0 Å². The molecule has 1 atom stereocenters. The fourth-order valence-corrected chi connectivity index (χ4v) is 5.58. The molecule has 3 aromatic rings. The topological polar surface area (TPSA) is 55.6 Å². The van der Waals surface area contributed by atoms with Gasteiger partial charge in [-0.05, 0) is 90.9 Å². The molecule has 1 saturated carbocycles. The van der Waals surface area contributed by atoms with Crippen molar-refractivity contribution in [2.45, 2.75) is 57.4 Å². The zero-order chi connectivity index (χ0) is 23.3. The van der Waals surface area contributed by atoms with Crippen molar-refractivity contribution in [1.29, 1.82) is 0 Å². The summed E-state index contributed by atoms with van der Waals surface area (Å²) in [7, 11) is 2.13. The van der Waals surface area contributed by atoms with Gasteiger partial charge in [0, 0.05) is 17.0 Å². The van der Waals surface area contributed by atoms with Crippen molar-refractivity contribution >= 4 is 16.7 Å². The van der Waals surface area contributed by atoms with Gasteiger partial charge in [0.25, 0.3) is 0 Å². The Balaban J connectivity index is 1.66. The van der Waals surface area contributed by atoms with E-state index >= 15 is 0 Å². The van der Waals surface area contributed by atoms with Crippen LogP contribution in [0.25, 0.3) is 10.8 Å². The van der Waals surface area contributed by atoms with Gasteiger partial charge in [-0.3, -0.25) is 9.69 Å². The molecule has 2 fully saturated rings. The lowest BCUT2D eigenvalue weighted by Gasteiger charge is -2.37. The van der Waals surface area contributed by atoms with Crippen molar-refractivity contribution in [2.24, 2.45) is 5.73 Å². The monoisotopic (exact) mass is 442 g/mol. The molecule has 0 bridgehead atoms. The number of fused-ring (bicyclic) bond motifs is 1. The minimum atomic E-state index is -0.391. The molecule has 5 rings (SSSR count). The highest BCUT2D eigenvalue weighted by molar-refractivity contribution is 5.96. The summed E-state index contributed by atoms with van der Waals surface area (Å²) in [5.41, 5.74) is 11.3. The molecule has 1 aliphatic carbocycles. The molecule has 33 heavy (non-hydrogen) atoms. The molecule has 1 heterocycles. The molecule has 1 amide bonds. The third-order valence-corrected chi connectivity index (χ3v) is 7.85. The maximum atomic E-state index is 12.4. The second-order valence-corrected chi connectivity index (χ2v) is 10.2. The van der Waals surface area contributed by atoms with E-state index in [0.717, 1.165) is 37.1 Å². The Morgan fingerprint density at radius 1 is 1.18 bits per heavy atom. The summed E-state index contributed by atoms with van der Waals surface area (Å²) in [5.74, 6) is 0.770. The van der Waals surface area contributed by atoms with Gasteiger partial charge in [0.2, 0.25) is 5.91 Å². The average molecular weight is 443 g/mol. The molecular weight excluding hydrogens is 408 g/mol. The summed E-state index contributed by atoms with van der Waals surface area (Å²) >= 11 is 0. The molecule has 3 aromatic carbocycles. The number of carbonyl (C=O) groups is 1. The quantitative estimate of drug-likeness (QED) is 0.523. The summed E-state index contributed by atoms with van der Waals surface area (Å²) in [4.78, 5) is 14.7. The Morgan fingerprint density at radius 3 is 2.55 bits per heavy atom. The number of nitrogens with two attached hydrogens (primary N) is 1. The van der Waals surface area contributed by atoms with E-state index in [4.69, 9.17) is 10.5 Å². The van der Waals surface area contributed by atoms with Gasteiger partial charge in [0.05, 0.1) is 0 Å². The molecule has 1 aliphatic heterocycles. The predicted octanol–water partition coefficient (Wildman–Crippen LogP) is 5.53. The predicted molar refractivity (Wildman–Crippen MR) is 134 cm³/mol. The normalized spacial score (nSPS) is 19.5. The number of ether oxygens (including phenoxy) is 1. The minimum absolute atomic E-state index is 0.110. The summed E-state index contributed by atoms with van der Waals surface area (Å²) in [6, 6.07) is 17.6. The first-order valence-corrected chi connectivity index (χ1v) is 12.1. The summed E-state index contributed by atoms with van der Waals surface area (Å²) in [6.07, 6.45) is 3.28. The summed E-state index contributed by atoms with van der Waals surface area (Å²) < 4.78 is 6.24. The number of hydrogen-bond donors (Lipinski definition) is 1. The molecule has 172 valence electrons. The Hall–Kier alpha value is -2.85. The highest BCUT2D eigenvalue weighted by Crippen LogP contribution is 2.58. The van der Waals surface area contributed by atoms with E-state index in [9.17, 15) is 4.79 Å². The van der Waals surface area contributed by atoms with E-state index < -0.39 is 5.91 Å². The molecule has 4 nitrogen and oxygen atoms in total. The Labute approximate surface area is 196 Å². The van der Waals surface area contributed by atoms with Crippen LogP contribution in [0.4, 0.5) is 0 Å². The molecule has 2 N–H and O–H groups in total. The first-order valence-electron chi connectivity index (χ1n) is 12.1. The van der Waals surface area contributed by atoms with Gasteiger partial charge in [0.15, 0.2) is 0 Å². The number of likely N-dealkylation sites (tertiary alicyclic amines) is 1. The van der Waals surface area contributed by atoms with Crippen molar-refractivity contribution in [2.75, 3.05) is 20.2 Å². The van der Waals surface area contributed by atoms with Crippen LogP contribution in [0.2, 0.25) is 0 Å². The lowest BCUT2D eigenvalue weighted by atomic mass is 9.77. The lowest BCUT2D eigenvalue weighted by Crippen LogP contribution is -2.48. The molecule has 1 unspecified atom stereocenters. The number of primary amides is 1. The standard InChI is InChI=1S/C29H34N2O2/c1-18(2)23-10-9-20-7-5-6-8-24(20)27(23)29(12-13-29)26-16-22(15-25(19(26)3)28(30)32)33-17-21-11-14-31(21)4/h5-10,15-16,18,21H,11-14,17H2,1-4H3,(H2,30,32). The van der Waals surface area contributed by atoms with Gasteiger partial charge in [0.1, 0.15) is 12.4 Å². The van der Waals surface area contributed by atoms with Gasteiger partial charge in [-0.1, -0.05) is 50.2 Å². The largest absolute Gasteiger partial charge is 0.492 e. The number of nitrogens with zero attached hydrogens (tertiary/aromatic N) is 1. The second kappa shape index (κ2) is 8.18. The smallest absolute Gasteiger partial charge is 0.249 e. The third kappa shape index (κ3) is 3.71. The highest BCUT2D eigenvalue weighted by Gasteiger charge is 2.49. The van der Waals surface area contributed by atoms with Crippen LogP contribution < -0.4 is 10.5 Å².